The number of Topliss-reactive ketones (excluding diaryl/α,β-unsaturated/α-hetero) is 1. The minimum atomic E-state index is -3.25. The summed E-state index contributed by atoms with van der Waals surface area (Å²) < 4.78 is 30.1. The van der Waals surface area contributed by atoms with Gasteiger partial charge in [-0.25, -0.2) is 13.2 Å². The Morgan fingerprint density at radius 2 is 1.64 bits per heavy atom. The van der Waals surface area contributed by atoms with Crippen molar-refractivity contribution in [2.75, 3.05) is 23.2 Å². The monoisotopic (exact) mass is 359 g/mol. The third-order valence-corrected chi connectivity index (χ3v) is 5.79. The molecule has 2 aromatic rings. The molecule has 25 heavy (non-hydrogen) atoms. The molecule has 0 bridgehead atoms. The standard InChI is InChI=1S/C18H17NO5S/c20-17(14-5-2-1-3-6-14)13-24-18(21)15-7-9-16(10-8-15)19-11-4-12-25(19,22)23/h1-3,5-10H,4,11-13H2. The molecule has 7 heteroatoms. The van der Waals surface area contributed by atoms with Crippen molar-refractivity contribution < 1.29 is 22.7 Å². The highest BCUT2D eigenvalue weighted by Gasteiger charge is 2.28. The zero-order valence-corrected chi connectivity index (χ0v) is 14.2. The van der Waals surface area contributed by atoms with Crippen molar-refractivity contribution in [3.05, 3.63) is 65.7 Å². The molecule has 0 N–H and O–H groups in total. The number of hydrogen-bond acceptors (Lipinski definition) is 5. The summed E-state index contributed by atoms with van der Waals surface area (Å²) in [5.74, 6) is -0.771. The molecule has 1 aliphatic heterocycles. The normalized spacial score (nSPS) is 15.8. The lowest BCUT2D eigenvalue weighted by Crippen LogP contribution is -2.25. The molecule has 130 valence electrons. The van der Waals surface area contributed by atoms with Gasteiger partial charge in [0, 0.05) is 12.1 Å². The summed E-state index contributed by atoms with van der Waals surface area (Å²) in [5.41, 5.74) is 1.26. The fourth-order valence-electron chi connectivity index (χ4n) is 2.62. The van der Waals surface area contributed by atoms with Gasteiger partial charge in [0.1, 0.15) is 0 Å². The minimum absolute atomic E-state index is 0.137. The fraction of sp³-hybridized carbons (Fsp3) is 0.222. The highest BCUT2D eigenvalue weighted by Crippen LogP contribution is 2.24. The molecule has 6 nitrogen and oxygen atoms in total. The molecule has 1 heterocycles. The van der Waals surface area contributed by atoms with E-state index in [1.807, 2.05) is 0 Å². The van der Waals surface area contributed by atoms with Crippen LogP contribution in [0.3, 0.4) is 0 Å². The van der Waals surface area contributed by atoms with E-state index < -0.39 is 16.0 Å². The summed E-state index contributed by atoms with van der Waals surface area (Å²) in [6, 6.07) is 14.7. The van der Waals surface area contributed by atoms with Crippen LogP contribution in [0.1, 0.15) is 27.1 Å². The van der Waals surface area contributed by atoms with Gasteiger partial charge in [-0.2, -0.15) is 0 Å². The molecule has 2 aromatic carbocycles. The van der Waals surface area contributed by atoms with E-state index in [0.29, 0.717) is 24.2 Å². The van der Waals surface area contributed by atoms with Crippen molar-refractivity contribution in [1.82, 2.24) is 0 Å². The molecule has 3 rings (SSSR count). The number of sulfonamides is 1. The van der Waals surface area contributed by atoms with Crippen LogP contribution in [0.5, 0.6) is 0 Å². The van der Waals surface area contributed by atoms with Gasteiger partial charge in [-0.15, -0.1) is 0 Å². The van der Waals surface area contributed by atoms with Gasteiger partial charge in [0.2, 0.25) is 10.0 Å². The molecular weight excluding hydrogens is 342 g/mol. The third-order valence-electron chi connectivity index (χ3n) is 3.92. The van der Waals surface area contributed by atoms with Gasteiger partial charge in [0.25, 0.3) is 0 Å². The summed E-state index contributed by atoms with van der Waals surface area (Å²) in [5, 5.41) is 0. The first-order valence-corrected chi connectivity index (χ1v) is 9.44. The van der Waals surface area contributed by atoms with Crippen LogP contribution in [0.2, 0.25) is 0 Å². The first-order chi connectivity index (χ1) is 12.0. The Hall–Kier alpha value is -2.67. The lowest BCUT2D eigenvalue weighted by atomic mass is 10.1. The van der Waals surface area contributed by atoms with Crippen molar-refractivity contribution in [3.63, 3.8) is 0 Å². The number of esters is 1. The molecular formula is C18H17NO5S. The molecule has 0 spiro atoms. The van der Waals surface area contributed by atoms with Gasteiger partial charge in [-0.05, 0) is 30.7 Å². The van der Waals surface area contributed by atoms with E-state index in [1.165, 1.54) is 16.4 Å². The average Bonchev–Trinajstić information content (AvgIpc) is 2.99. The summed E-state index contributed by atoms with van der Waals surface area (Å²) >= 11 is 0. The Bertz CT molecular complexity index is 875. The van der Waals surface area contributed by atoms with Crippen molar-refractivity contribution in [2.45, 2.75) is 6.42 Å². The van der Waals surface area contributed by atoms with Gasteiger partial charge in [-0.1, -0.05) is 30.3 Å². The molecule has 0 radical (unpaired) electrons. The van der Waals surface area contributed by atoms with E-state index in [2.05, 4.69) is 0 Å². The maximum atomic E-state index is 12.0. The van der Waals surface area contributed by atoms with Crippen molar-refractivity contribution in [3.8, 4) is 0 Å². The van der Waals surface area contributed by atoms with Crippen LogP contribution in [-0.2, 0) is 14.8 Å². The zero-order valence-electron chi connectivity index (χ0n) is 13.4. The number of nitrogens with zero attached hydrogens (tertiary/aromatic N) is 1. The van der Waals surface area contributed by atoms with Crippen LogP contribution in [0, 0.1) is 0 Å². The molecule has 0 unspecified atom stereocenters. The molecule has 1 aliphatic rings. The molecule has 1 fully saturated rings. The predicted molar refractivity (Wildman–Crippen MR) is 93.2 cm³/mol. The largest absolute Gasteiger partial charge is 0.454 e. The summed E-state index contributed by atoms with van der Waals surface area (Å²) in [4.78, 5) is 24.0. The topological polar surface area (TPSA) is 80.8 Å². The summed E-state index contributed by atoms with van der Waals surface area (Å²) in [7, 11) is -3.25. The molecule has 0 saturated carbocycles. The number of anilines is 1. The van der Waals surface area contributed by atoms with Crippen LogP contribution in [0.15, 0.2) is 54.6 Å². The second kappa shape index (κ2) is 7.06. The SMILES string of the molecule is O=C(COC(=O)c1ccc(N2CCCS2(=O)=O)cc1)c1ccccc1. The highest BCUT2D eigenvalue weighted by atomic mass is 32.2. The average molecular weight is 359 g/mol. The third kappa shape index (κ3) is 3.88. The number of carbonyl (C=O) groups is 2. The van der Waals surface area contributed by atoms with Gasteiger partial charge in [0.15, 0.2) is 12.4 Å². The van der Waals surface area contributed by atoms with Gasteiger partial charge in [-0.3, -0.25) is 9.10 Å². The van der Waals surface area contributed by atoms with E-state index in [-0.39, 0.29) is 23.7 Å². The van der Waals surface area contributed by atoms with Crippen LogP contribution < -0.4 is 4.31 Å². The van der Waals surface area contributed by atoms with E-state index in [1.54, 1.807) is 42.5 Å². The Morgan fingerprint density at radius 1 is 0.960 bits per heavy atom. The maximum absolute atomic E-state index is 12.0. The van der Waals surface area contributed by atoms with Crippen molar-refractivity contribution in [1.29, 1.82) is 0 Å². The summed E-state index contributed by atoms with van der Waals surface area (Å²) in [6.07, 6.45) is 0.591. The second-order valence-electron chi connectivity index (χ2n) is 5.65. The number of ether oxygens (including phenoxy) is 1. The van der Waals surface area contributed by atoms with Crippen LogP contribution in [0.4, 0.5) is 5.69 Å². The number of rotatable bonds is 5. The Labute approximate surface area is 146 Å². The maximum Gasteiger partial charge on any atom is 0.338 e. The van der Waals surface area contributed by atoms with Crippen LogP contribution >= 0.6 is 0 Å². The number of benzene rings is 2. The lowest BCUT2D eigenvalue weighted by Gasteiger charge is -2.16. The zero-order chi connectivity index (χ0) is 17.9. The molecule has 0 aromatic heterocycles. The Balaban J connectivity index is 1.62. The first kappa shape index (κ1) is 17.2. The highest BCUT2D eigenvalue weighted by molar-refractivity contribution is 7.93. The van der Waals surface area contributed by atoms with Crippen LogP contribution in [-0.4, -0.2) is 39.1 Å². The second-order valence-corrected chi connectivity index (χ2v) is 7.67. The Kier molecular flexibility index (Phi) is 4.85. The van der Waals surface area contributed by atoms with Crippen LogP contribution in [0.25, 0.3) is 0 Å². The van der Waals surface area contributed by atoms with E-state index in [9.17, 15) is 18.0 Å². The molecule has 0 aliphatic carbocycles. The fourth-order valence-corrected chi connectivity index (χ4v) is 4.18. The first-order valence-electron chi connectivity index (χ1n) is 7.83. The molecule has 0 atom stereocenters. The van der Waals surface area contributed by atoms with E-state index in [4.69, 9.17) is 4.74 Å². The molecule has 1 saturated heterocycles. The van der Waals surface area contributed by atoms with E-state index in [0.717, 1.165) is 0 Å². The smallest absolute Gasteiger partial charge is 0.338 e. The summed E-state index contributed by atoms with van der Waals surface area (Å²) in [6.45, 7) is 0.100. The number of ketones is 1. The van der Waals surface area contributed by atoms with Gasteiger partial charge in [0.05, 0.1) is 17.0 Å². The van der Waals surface area contributed by atoms with E-state index >= 15 is 0 Å². The number of carbonyl (C=O) groups excluding carboxylic acids is 2. The molecule has 0 amide bonds. The van der Waals surface area contributed by atoms with Crippen molar-refractivity contribution in [2.24, 2.45) is 0 Å². The quantitative estimate of drug-likeness (QED) is 0.604. The van der Waals surface area contributed by atoms with Gasteiger partial charge >= 0.3 is 5.97 Å². The lowest BCUT2D eigenvalue weighted by molar-refractivity contribution is 0.0475. The van der Waals surface area contributed by atoms with Gasteiger partial charge < -0.3 is 4.74 Å². The number of hydrogen-bond donors (Lipinski definition) is 0. The predicted octanol–water partition coefficient (Wildman–Crippen LogP) is 2.27. The van der Waals surface area contributed by atoms with Crippen molar-refractivity contribution >= 4 is 27.5 Å². The Morgan fingerprint density at radius 3 is 2.24 bits per heavy atom. The minimum Gasteiger partial charge on any atom is -0.454 e.